The lowest BCUT2D eigenvalue weighted by Gasteiger charge is -2.04. The lowest BCUT2D eigenvalue weighted by Crippen LogP contribution is -1.81. The van der Waals surface area contributed by atoms with Crippen molar-refractivity contribution in [2.24, 2.45) is 0 Å². The van der Waals surface area contributed by atoms with Crippen LogP contribution in [-0.2, 0) is 0 Å². The smallest absolute Gasteiger partial charge is 0.145 e. The van der Waals surface area contributed by atoms with Crippen molar-refractivity contribution in [2.75, 3.05) is 6.26 Å². The minimum absolute atomic E-state index is 0.936. The van der Waals surface area contributed by atoms with Gasteiger partial charge in [0.15, 0.2) is 0 Å². The maximum atomic E-state index is 5.44. The third-order valence-electron chi connectivity index (χ3n) is 1.92. The van der Waals surface area contributed by atoms with Crippen LogP contribution >= 0.6 is 12.0 Å². The molecule has 0 saturated heterocycles. The van der Waals surface area contributed by atoms with Gasteiger partial charge in [-0.25, -0.2) is 0 Å². The Kier molecular flexibility index (Phi) is 2.41. The fourth-order valence-corrected chi connectivity index (χ4v) is 1.68. The average Bonchev–Trinajstić information content (AvgIpc) is 2.19. The van der Waals surface area contributed by atoms with Crippen LogP contribution in [0, 0.1) is 0 Å². The van der Waals surface area contributed by atoms with Gasteiger partial charge in [0.25, 0.3) is 0 Å². The molecule has 0 amide bonds. The Morgan fingerprint density at radius 3 is 2.62 bits per heavy atom. The number of hydrogen-bond donors (Lipinski definition) is 0. The third-order valence-corrected chi connectivity index (χ3v) is 2.27. The second-order valence-corrected chi connectivity index (χ2v) is 3.23. The van der Waals surface area contributed by atoms with E-state index in [0.29, 0.717) is 0 Å². The number of rotatable bonds is 2. The molecular weight excluding hydrogens is 180 g/mol. The monoisotopic (exact) mass is 190 g/mol. The molecule has 0 bridgehead atoms. The van der Waals surface area contributed by atoms with Crippen molar-refractivity contribution in [3.63, 3.8) is 0 Å². The van der Waals surface area contributed by atoms with Gasteiger partial charge in [-0.05, 0) is 11.5 Å². The van der Waals surface area contributed by atoms with E-state index in [9.17, 15) is 0 Å². The molecule has 0 spiro atoms. The first-order valence-corrected chi connectivity index (χ1v) is 5.25. The molecule has 0 aliphatic rings. The molecule has 0 aliphatic carbocycles. The van der Waals surface area contributed by atoms with Crippen molar-refractivity contribution in [1.82, 2.24) is 0 Å². The lowest BCUT2D eigenvalue weighted by atomic mass is 10.1. The molecule has 0 unspecified atom stereocenters. The van der Waals surface area contributed by atoms with Crippen molar-refractivity contribution in [3.05, 3.63) is 42.5 Å². The molecule has 2 aromatic carbocycles. The normalized spacial score (nSPS) is 10.2. The van der Waals surface area contributed by atoms with Gasteiger partial charge in [0.1, 0.15) is 5.75 Å². The zero-order chi connectivity index (χ0) is 9.10. The molecule has 0 N–H and O–H groups in total. The van der Waals surface area contributed by atoms with Gasteiger partial charge < -0.3 is 4.18 Å². The molecule has 2 aromatic rings. The topological polar surface area (TPSA) is 9.23 Å². The van der Waals surface area contributed by atoms with E-state index in [4.69, 9.17) is 4.18 Å². The van der Waals surface area contributed by atoms with Crippen LogP contribution in [0.5, 0.6) is 5.75 Å². The molecule has 66 valence electrons. The average molecular weight is 190 g/mol. The summed E-state index contributed by atoms with van der Waals surface area (Å²) in [6.45, 7) is 0. The summed E-state index contributed by atoms with van der Waals surface area (Å²) in [4.78, 5) is 0. The van der Waals surface area contributed by atoms with Crippen molar-refractivity contribution in [1.29, 1.82) is 0 Å². The zero-order valence-corrected chi connectivity index (χ0v) is 8.17. The van der Waals surface area contributed by atoms with Crippen molar-refractivity contribution < 1.29 is 4.18 Å². The molecule has 0 atom stereocenters. The van der Waals surface area contributed by atoms with Crippen molar-refractivity contribution in [3.8, 4) is 5.75 Å². The minimum atomic E-state index is 0.936. The van der Waals surface area contributed by atoms with Gasteiger partial charge in [-0.1, -0.05) is 36.4 Å². The second kappa shape index (κ2) is 3.71. The van der Waals surface area contributed by atoms with E-state index in [1.165, 1.54) is 22.8 Å². The first-order valence-electron chi connectivity index (χ1n) is 4.10. The Balaban J connectivity index is 2.61. The molecule has 2 rings (SSSR count). The molecule has 2 heteroatoms. The first-order chi connectivity index (χ1) is 6.42. The van der Waals surface area contributed by atoms with Crippen LogP contribution in [0.4, 0.5) is 0 Å². The van der Waals surface area contributed by atoms with Crippen LogP contribution in [0.2, 0.25) is 0 Å². The summed E-state index contributed by atoms with van der Waals surface area (Å²) in [5.74, 6) is 0.936. The van der Waals surface area contributed by atoms with E-state index in [2.05, 4.69) is 18.2 Å². The maximum absolute atomic E-state index is 5.44. The zero-order valence-electron chi connectivity index (χ0n) is 7.36. The quantitative estimate of drug-likeness (QED) is 0.670. The molecular formula is C11H10OS. The van der Waals surface area contributed by atoms with Crippen LogP contribution in [0.3, 0.4) is 0 Å². The van der Waals surface area contributed by atoms with E-state index < -0.39 is 0 Å². The predicted octanol–water partition coefficient (Wildman–Crippen LogP) is 3.50. The Morgan fingerprint density at radius 1 is 1.00 bits per heavy atom. The van der Waals surface area contributed by atoms with E-state index in [0.717, 1.165) is 5.75 Å². The molecule has 0 aromatic heterocycles. The Morgan fingerprint density at radius 2 is 1.77 bits per heavy atom. The molecule has 0 fully saturated rings. The summed E-state index contributed by atoms with van der Waals surface area (Å²) in [7, 11) is 0. The summed E-state index contributed by atoms with van der Waals surface area (Å²) < 4.78 is 5.44. The summed E-state index contributed by atoms with van der Waals surface area (Å²) in [6.07, 6.45) is 1.92. The van der Waals surface area contributed by atoms with Crippen LogP contribution in [-0.4, -0.2) is 6.26 Å². The molecule has 0 heterocycles. The van der Waals surface area contributed by atoms with E-state index >= 15 is 0 Å². The second-order valence-electron chi connectivity index (χ2n) is 2.73. The molecule has 0 aliphatic heterocycles. The highest BCUT2D eigenvalue weighted by molar-refractivity contribution is 7.94. The molecule has 0 radical (unpaired) electrons. The predicted molar refractivity (Wildman–Crippen MR) is 58.1 cm³/mol. The number of fused-ring (bicyclic) bond motifs is 1. The summed E-state index contributed by atoms with van der Waals surface area (Å²) in [5, 5.41) is 2.38. The van der Waals surface area contributed by atoms with E-state index in [1.54, 1.807) is 0 Å². The number of benzene rings is 2. The van der Waals surface area contributed by atoms with Crippen LogP contribution in [0.1, 0.15) is 0 Å². The van der Waals surface area contributed by atoms with Crippen molar-refractivity contribution in [2.45, 2.75) is 0 Å². The van der Waals surface area contributed by atoms with Gasteiger partial charge in [0.05, 0.1) is 12.0 Å². The van der Waals surface area contributed by atoms with Crippen LogP contribution < -0.4 is 4.18 Å². The fraction of sp³-hybridized carbons (Fsp3) is 0.0909. The highest BCUT2D eigenvalue weighted by atomic mass is 32.2. The number of hydrogen-bond acceptors (Lipinski definition) is 2. The highest BCUT2D eigenvalue weighted by Crippen LogP contribution is 2.26. The van der Waals surface area contributed by atoms with Crippen LogP contribution in [0.25, 0.3) is 10.8 Å². The lowest BCUT2D eigenvalue weighted by molar-refractivity contribution is 0.658. The van der Waals surface area contributed by atoms with Crippen LogP contribution in [0.15, 0.2) is 42.5 Å². The molecule has 13 heavy (non-hydrogen) atoms. The molecule has 1 nitrogen and oxygen atoms in total. The van der Waals surface area contributed by atoms with Gasteiger partial charge in [-0.15, -0.1) is 0 Å². The minimum Gasteiger partial charge on any atom is -0.425 e. The standard InChI is InChI=1S/C11H10OS/c1-13-12-11-8-4-6-9-5-2-3-7-10(9)11/h2-8H,1H3. The Bertz CT molecular complexity index is 406. The Hall–Kier alpha value is -1.15. The summed E-state index contributed by atoms with van der Waals surface area (Å²) >= 11 is 1.37. The highest BCUT2D eigenvalue weighted by Gasteiger charge is 1.99. The van der Waals surface area contributed by atoms with Gasteiger partial charge in [0.2, 0.25) is 0 Å². The van der Waals surface area contributed by atoms with E-state index in [1.807, 2.05) is 30.5 Å². The Labute approximate surface area is 81.9 Å². The third kappa shape index (κ3) is 1.63. The van der Waals surface area contributed by atoms with Crippen molar-refractivity contribution >= 4 is 22.8 Å². The van der Waals surface area contributed by atoms with E-state index in [-0.39, 0.29) is 0 Å². The first kappa shape index (κ1) is 8.45. The fourth-order valence-electron chi connectivity index (χ4n) is 1.36. The van der Waals surface area contributed by atoms with Gasteiger partial charge in [-0.3, -0.25) is 0 Å². The SMILES string of the molecule is CSOc1cccc2ccccc12. The largest absolute Gasteiger partial charge is 0.425 e. The maximum Gasteiger partial charge on any atom is 0.145 e. The molecule has 0 saturated carbocycles. The summed E-state index contributed by atoms with van der Waals surface area (Å²) in [5.41, 5.74) is 0. The van der Waals surface area contributed by atoms with Gasteiger partial charge in [-0.2, -0.15) is 0 Å². The van der Waals surface area contributed by atoms with Gasteiger partial charge >= 0.3 is 0 Å². The van der Waals surface area contributed by atoms with Gasteiger partial charge in [0, 0.05) is 11.6 Å². The summed E-state index contributed by atoms with van der Waals surface area (Å²) in [6, 6.07) is 14.3.